The summed E-state index contributed by atoms with van der Waals surface area (Å²) in [5.41, 5.74) is 2.73. The summed E-state index contributed by atoms with van der Waals surface area (Å²) in [6.45, 7) is 4.14. The van der Waals surface area contributed by atoms with Crippen LogP contribution in [0.25, 0.3) is 0 Å². The first-order chi connectivity index (χ1) is 7.98. The van der Waals surface area contributed by atoms with Crippen LogP contribution < -0.4 is 5.32 Å². The molecule has 0 aliphatic heterocycles. The van der Waals surface area contributed by atoms with E-state index in [9.17, 15) is 4.79 Å². The average Bonchev–Trinajstić information content (AvgIpc) is 2.51. The van der Waals surface area contributed by atoms with Gasteiger partial charge in [-0.2, -0.15) is 0 Å². The molecule has 2 rings (SSSR count). The number of carbonyl (C=O) groups is 1. The van der Waals surface area contributed by atoms with Gasteiger partial charge >= 0.3 is 0 Å². The molecule has 0 saturated heterocycles. The number of halogens is 1. The molecule has 3 heteroatoms. The minimum Gasteiger partial charge on any atom is -0.341 e. The van der Waals surface area contributed by atoms with Gasteiger partial charge in [-0.05, 0) is 17.0 Å². The molecular weight excluding hydrogens is 325 g/mol. The van der Waals surface area contributed by atoms with Gasteiger partial charge in [0.25, 0.3) is 0 Å². The van der Waals surface area contributed by atoms with Crippen LogP contribution in [-0.4, -0.2) is 9.45 Å². The third kappa shape index (κ3) is 3.21. The van der Waals surface area contributed by atoms with E-state index in [4.69, 9.17) is 0 Å². The summed E-state index contributed by atoms with van der Waals surface area (Å²) in [6, 6.07) is 8.45. The molecule has 0 aromatic heterocycles. The van der Waals surface area contributed by atoms with Crippen molar-refractivity contribution in [2.75, 3.05) is 0 Å². The Hall–Kier alpha value is -0.580. The lowest BCUT2D eigenvalue weighted by Gasteiger charge is -2.23. The van der Waals surface area contributed by atoms with Gasteiger partial charge in [0.1, 0.15) is 0 Å². The van der Waals surface area contributed by atoms with Gasteiger partial charge in [0.15, 0.2) is 0 Å². The van der Waals surface area contributed by atoms with Crippen molar-refractivity contribution < 1.29 is 4.79 Å². The van der Waals surface area contributed by atoms with Crippen LogP contribution in [0.3, 0.4) is 0 Å². The highest BCUT2D eigenvalue weighted by Crippen LogP contribution is 2.35. The fourth-order valence-corrected chi connectivity index (χ4v) is 3.45. The first-order valence-electron chi connectivity index (χ1n) is 6.05. The van der Waals surface area contributed by atoms with E-state index < -0.39 is 0 Å². The Bertz CT molecular complexity index is 403. The second kappa shape index (κ2) is 4.96. The van der Waals surface area contributed by atoms with Crippen molar-refractivity contribution >= 4 is 28.5 Å². The molecule has 0 saturated carbocycles. The van der Waals surface area contributed by atoms with Crippen molar-refractivity contribution in [2.24, 2.45) is 5.92 Å². The van der Waals surface area contributed by atoms with Crippen LogP contribution in [0.4, 0.5) is 0 Å². The van der Waals surface area contributed by atoms with Crippen molar-refractivity contribution in [1.29, 1.82) is 0 Å². The Morgan fingerprint density at radius 3 is 2.35 bits per heavy atom. The predicted molar refractivity (Wildman–Crippen MR) is 78.2 cm³/mol. The van der Waals surface area contributed by atoms with Crippen molar-refractivity contribution in [2.45, 2.75) is 36.7 Å². The molecule has 1 aliphatic carbocycles. The molecular formula is C14H18INO. The topological polar surface area (TPSA) is 29.1 Å². The maximum atomic E-state index is 11.8. The van der Waals surface area contributed by atoms with Crippen molar-refractivity contribution in [3.05, 3.63) is 35.4 Å². The summed E-state index contributed by atoms with van der Waals surface area (Å²) in [6.07, 6.45) is 2.49. The Kier molecular flexibility index (Phi) is 3.76. The highest BCUT2D eigenvalue weighted by molar-refractivity contribution is 14.1. The molecule has 1 aromatic rings. The fraction of sp³-hybridized carbons (Fsp3) is 0.500. The number of hydrogen-bond donors (Lipinski definition) is 1. The molecule has 0 bridgehead atoms. The lowest BCUT2D eigenvalue weighted by Crippen LogP contribution is -2.44. The number of fused-ring (bicyclic) bond motifs is 1. The zero-order valence-corrected chi connectivity index (χ0v) is 12.5. The summed E-state index contributed by atoms with van der Waals surface area (Å²) in [5, 5.41) is 3.18. The van der Waals surface area contributed by atoms with Crippen LogP contribution in [0.1, 0.15) is 31.4 Å². The van der Waals surface area contributed by atoms with Gasteiger partial charge in [-0.15, -0.1) is 0 Å². The van der Waals surface area contributed by atoms with Crippen molar-refractivity contribution in [3.8, 4) is 0 Å². The molecule has 1 N–H and O–H groups in total. The summed E-state index contributed by atoms with van der Waals surface area (Å²) < 4.78 is -0.118. The molecule has 1 amide bonds. The minimum absolute atomic E-state index is 0.118. The predicted octanol–water partition coefficient (Wildman–Crippen LogP) is 3.08. The monoisotopic (exact) mass is 343 g/mol. The van der Waals surface area contributed by atoms with Gasteiger partial charge < -0.3 is 5.32 Å². The molecule has 92 valence electrons. The molecule has 17 heavy (non-hydrogen) atoms. The van der Waals surface area contributed by atoms with E-state index in [-0.39, 0.29) is 9.45 Å². The zero-order chi connectivity index (χ0) is 12.5. The molecule has 0 unspecified atom stereocenters. The van der Waals surface area contributed by atoms with Gasteiger partial charge in [-0.1, -0.05) is 60.7 Å². The van der Waals surface area contributed by atoms with Crippen LogP contribution in [-0.2, 0) is 17.6 Å². The Morgan fingerprint density at radius 1 is 1.35 bits per heavy atom. The van der Waals surface area contributed by atoms with Gasteiger partial charge in [0.05, 0.1) is 3.55 Å². The molecule has 2 nitrogen and oxygen atoms in total. The lowest BCUT2D eigenvalue weighted by molar-refractivity contribution is -0.122. The number of nitrogens with one attached hydrogen (secondary N) is 1. The number of carbonyl (C=O) groups excluding carboxylic acids is 1. The van der Waals surface area contributed by atoms with E-state index in [0.717, 1.165) is 12.8 Å². The standard InChI is InChI=1S/C14H18INO/c1-10(2)7-13(17)16-14(15)8-11-5-3-4-6-12(11)9-14/h3-6,10H,7-9H2,1-2H3,(H,16,17). The van der Waals surface area contributed by atoms with E-state index in [0.29, 0.717) is 12.3 Å². The largest absolute Gasteiger partial charge is 0.341 e. The third-order valence-corrected chi connectivity index (χ3v) is 4.05. The van der Waals surface area contributed by atoms with Crippen molar-refractivity contribution in [1.82, 2.24) is 5.32 Å². The Morgan fingerprint density at radius 2 is 1.88 bits per heavy atom. The summed E-state index contributed by atoms with van der Waals surface area (Å²) in [5.74, 6) is 0.584. The van der Waals surface area contributed by atoms with E-state index in [1.165, 1.54) is 11.1 Å². The fourth-order valence-electron chi connectivity index (χ4n) is 2.33. The Labute approximate surface area is 116 Å². The Balaban J connectivity index is 2.02. The zero-order valence-electron chi connectivity index (χ0n) is 10.3. The van der Waals surface area contributed by atoms with Crippen LogP contribution >= 0.6 is 22.6 Å². The molecule has 0 fully saturated rings. The summed E-state index contributed by atoms with van der Waals surface area (Å²) in [7, 11) is 0. The molecule has 0 radical (unpaired) electrons. The van der Waals surface area contributed by atoms with E-state index in [1.807, 2.05) is 0 Å². The van der Waals surface area contributed by atoms with Gasteiger partial charge in [-0.3, -0.25) is 4.79 Å². The number of benzene rings is 1. The molecule has 0 atom stereocenters. The SMILES string of the molecule is CC(C)CC(=O)NC1(I)Cc2ccccc2C1. The normalized spacial score (nSPS) is 16.9. The first kappa shape index (κ1) is 12.9. The quantitative estimate of drug-likeness (QED) is 0.510. The third-order valence-electron chi connectivity index (χ3n) is 3.02. The van der Waals surface area contributed by atoms with Crippen LogP contribution in [0.2, 0.25) is 0 Å². The number of hydrogen-bond acceptors (Lipinski definition) is 1. The van der Waals surface area contributed by atoms with E-state index in [1.54, 1.807) is 0 Å². The second-order valence-electron chi connectivity index (χ2n) is 5.23. The maximum Gasteiger partial charge on any atom is 0.221 e. The summed E-state index contributed by atoms with van der Waals surface area (Å²) in [4.78, 5) is 11.8. The van der Waals surface area contributed by atoms with Crippen LogP contribution in [0.5, 0.6) is 0 Å². The van der Waals surface area contributed by atoms with E-state index >= 15 is 0 Å². The lowest BCUT2D eigenvalue weighted by atomic mass is 10.1. The van der Waals surface area contributed by atoms with Gasteiger partial charge in [0, 0.05) is 19.3 Å². The first-order valence-corrected chi connectivity index (χ1v) is 7.13. The smallest absolute Gasteiger partial charge is 0.221 e. The molecule has 1 aliphatic rings. The number of rotatable bonds is 3. The van der Waals surface area contributed by atoms with Gasteiger partial charge in [0.2, 0.25) is 5.91 Å². The summed E-state index contributed by atoms with van der Waals surface area (Å²) >= 11 is 2.39. The van der Waals surface area contributed by atoms with Gasteiger partial charge in [-0.25, -0.2) is 0 Å². The molecule has 0 heterocycles. The highest BCUT2D eigenvalue weighted by atomic mass is 127. The second-order valence-corrected chi connectivity index (χ2v) is 7.30. The van der Waals surface area contributed by atoms with E-state index in [2.05, 4.69) is 66.0 Å². The number of amides is 1. The van der Waals surface area contributed by atoms with Crippen LogP contribution in [0, 0.1) is 5.92 Å². The average molecular weight is 343 g/mol. The molecule has 0 spiro atoms. The minimum atomic E-state index is -0.118. The molecule has 1 aromatic carbocycles. The van der Waals surface area contributed by atoms with Crippen LogP contribution in [0.15, 0.2) is 24.3 Å². The maximum absolute atomic E-state index is 11.8. The number of alkyl halides is 1. The highest BCUT2D eigenvalue weighted by Gasteiger charge is 2.35. The van der Waals surface area contributed by atoms with Crippen molar-refractivity contribution in [3.63, 3.8) is 0 Å².